The molecule has 1 aliphatic carbocycles. The third-order valence-electron chi connectivity index (χ3n) is 4.34. The monoisotopic (exact) mass is 288 g/mol. The number of amides is 1. The molecule has 4 heteroatoms. The molecular formula is C17H24N2O2. The lowest BCUT2D eigenvalue weighted by Crippen LogP contribution is -2.50. The van der Waals surface area contributed by atoms with E-state index in [2.05, 4.69) is 34.5 Å². The standard InChI is InChI=1S/C17H24N2O2/c20-17(15-6-7-15)18-13-16(19-8-10-21-11-9-19)12-14-4-2-1-3-5-14/h1-5,15-16H,6-13H2,(H,18,20). The van der Waals surface area contributed by atoms with Gasteiger partial charge in [-0.25, -0.2) is 0 Å². The third kappa shape index (κ3) is 4.29. The van der Waals surface area contributed by atoms with Gasteiger partial charge >= 0.3 is 0 Å². The minimum absolute atomic E-state index is 0.237. The lowest BCUT2D eigenvalue weighted by Gasteiger charge is -2.34. The predicted molar refractivity (Wildman–Crippen MR) is 82.1 cm³/mol. The topological polar surface area (TPSA) is 41.6 Å². The Labute approximate surface area is 126 Å². The molecule has 1 aromatic carbocycles. The van der Waals surface area contributed by atoms with E-state index in [0.29, 0.717) is 6.04 Å². The van der Waals surface area contributed by atoms with E-state index in [1.165, 1.54) is 5.56 Å². The van der Waals surface area contributed by atoms with Crippen LogP contribution < -0.4 is 5.32 Å². The number of hydrogen-bond donors (Lipinski definition) is 1. The Bertz CT molecular complexity index is 453. The molecule has 1 aromatic rings. The van der Waals surface area contributed by atoms with Crippen molar-refractivity contribution in [3.63, 3.8) is 0 Å². The summed E-state index contributed by atoms with van der Waals surface area (Å²) >= 11 is 0. The van der Waals surface area contributed by atoms with Gasteiger partial charge in [0.2, 0.25) is 5.91 Å². The number of hydrogen-bond acceptors (Lipinski definition) is 3. The van der Waals surface area contributed by atoms with Gasteiger partial charge in [-0.15, -0.1) is 0 Å². The van der Waals surface area contributed by atoms with Crippen LogP contribution in [0, 0.1) is 5.92 Å². The first-order valence-corrected chi connectivity index (χ1v) is 7.96. The second kappa shape index (κ2) is 7.05. The Morgan fingerprint density at radius 3 is 2.62 bits per heavy atom. The van der Waals surface area contributed by atoms with Crippen molar-refractivity contribution in [1.29, 1.82) is 0 Å². The number of rotatable bonds is 6. The van der Waals surface area contributed by atoms with Crippen LogP contribution in [0.3, 0.4) is 0 Å². The van der Waals surface area contributed by atoms with Gasteiger partial charge in [-0.1, -0.05) is 30.3 Å². The molecule has 1 amide bonds. The van der Waals surface area contributed by atoms with Crippen LogP contribution in [0.1, 0.15) is 18.4 Å². The van der Waals surface area contributed by atoms with E-state index in [9.17, 15) is 4.79 Å². The van der Waals surface area contributed by atoms with Crippen molar-refractivity contribution < 1.29 is 9.53 Å². The number of nitrogens with zero attached hydrogens (tertiary/aromatic N) is 1. The van der Waals surface area contributed by atoms with Gasteiger partial charge in [0.1, 0.15) is 0 Å². The summed E-state index contributed by atoms with van der Waals surface area (Å²) in [5, 5.41) is 3.14. The molecule has 0 bridgehead atoms. The van der Waals surface area contributed by atoms with Gasteiger partial charge in [-0.05, 0) is 24.8 Å². The highest BCUT2D eigenvalue weighted by Crippen LogP contribution is 2.28. The zero-order valence-corrected chi connectivity index (χ0v) is 12.5. The molecule has 1 heterocycles. The van der Waals surface area contributed by atoms with Gasteiger partial charge in [0.05, 0.1) is 13.2 Å². The van der Waals surface area contributed by atoms with E-state index in [-0.39, 0.29) is 11.8 Å². The van der Waals surface area contributed by atoms with Crippen LogP contribution in [0.5, 0.6) is 0 Å². The highest BCUT2D eigenvalue weighted by molar-refractivity contribution is 5.80. The minimum atomic E-state index is 0.237. The molecule has 1 N–H and O–H groups in total. The van der Waals surface area contributed by atoms with Crippen LogP contribution in [0.2, 0.25) is 0 Å². The zero-order chi connectivity index (χ0) is 14.5. The summed E-state index contributed by atoms with van der Waals surface area (Å²) in [5.41, 5.74) is 1.33. The molecule has 2 fully saturated rings. The average molecular weight is 288 g/mol. The van der Waals surface area contributed by atoms with Gasteiger partial charge in [0, 0.05) is 31.6 Å². The Kier molecular flexibility index (Phi) is 4.88. The quantitative estimate of drug-likeness (QED) is 0.861. The fraction of sp³-hybridized carbons (Fsp3) is 0.588. The van der Waals surface area contributed by atoms with Crippen molar-refractivity contribution in [2.24, 2.45) is 5.92 Å². The van der Waals surface area contributed by atoms with Crippen molar-refractivity contribution in [2.75, 3.05) is 32.8 Å². The highest BCUT2D eigenvalue weighted by atomic mass is 16.5. The third-order valence-corrected chi connectivity index (χ3v) is 4.34. The van der Waals surface area contributed by atoms with E-state index >= 15 is 0 Å². The number of nitrogens with one attached hydrogen (secondary N) is 1. The van der Waals surface area contributed by atoms with Crippen molar-refractivity contribution >= 4 is 5.91 Å². The lowest BCUT2D eigenvalue weighted by molar-refractivity contribution is -0.122. The van der Waals surface area contributed by atoms with Crippen LogP contribution in [-0.2, 0) is 16.0 Å². The fourth-order valence-electron chi connectivity index (χ4n) is 2.87. The highest BCUT2D eigenvalue weighted by Gasteiger charge is 2.30. The van der Waals surface area contributed by atoms with Crippen LogP contribution in [0.4, 0.5) is 0 Å². The summed E-state index contributed by atoms with van der Waals surface area (Å²) in [5.74, 6) is 0.522. The van der Waals surface area contributed by atoms with Gasteiger partial charge in [0.25, 0.3) is 0 Å². The Morgan fingerprint density at radius 2 is 1.95 bits per heavy atom. The number of carbonyl (C=O) groups excluding carboxylic acids is 1. The molecule has 0 spiro atoms. The molecule has 21 heavy (non-hydrogen) atoms. The molecule has 1 saturated heterocycles. The summed E-state index contributed by atoms with van der Waals surface area (Å²) in [6.45, 7) is 4.24. The smallest absolute Gasteiger partial charge is 0.223 e. The maximum atomic E-state index is 11.9. The first kappa shape index (κ1) is 14.5. The molecule has 1 saturated carbocycles. The maximum Gasteiger partial charge on any atom is 0.223 e. The Hall–Kier alpha value is -1.39. The summed E-state index contributed by atoms with van der Waals surface area (Å²) < 4.78 is 5.44. The van der Waals surface area contributed by atoms with Crippen LogP contribution in [0.25, 0.3) is 0 Å². The number of carbonyl (C=O) groups is 1. The second-order valence-electron chi connectivity index (χ2n) is 6.01. The fourth-order valence-corrected chi connectivity index (χ4v) is 2.87. The normalized spacial score (nSPS) is 21.0. The molecule has 1 unspecified atom stereocenters. The predicted octanol–water partition coefficient (Wildman–Crippen LogP) is 1.46. The average Bonchev–Trinajstić information content (AvgIpc) is 3.38. The van der Waals surface area contributed by atoms with Crippen molar-refractivity contribution in [3.05, 3.63) is 35.9 Å². The van der Waals surface area contributed by atoms with Gasteiger partial charge in [0.15, 0.2) is 0 Å². The van der Waals surface area contributed by atoms with Crippen LogP contribution in [-0.4, -0.2) is 49.7 Å². The molecule has 2 aliphatic rings. The van der Waals surface area contributed by atoms with E-state index in [1.807, 2.05) is 6.07 Å². The van der Waals surface area contributed by atoms with Crippen molar-refractivity contribution in [1.82, 2.24) is 10.2 Å². The minimum Gasteiger partial charge on any atom is -0.379 e. The number of morpholine rings is 1. The molecule has 1 atom stereocenters. The summed E-state index contributed by atoms with van der Waals surface area (Å²) in [7, 11) is 0. The van der Waals surface area contributed by atoms with E-state index in [1.54, 1.807) is 0 Å². The lowest BCUT2D eigenvalue weighted by atomic mass is 10.0. The molecule has 114 valence electrons. The maximum absolute atomic E-state index is 11.9. The number of benzene rings is 1. The summed E-state index contributed by atoms with van der Waals surface area (Å²) in [4.78, 5) is 14.3. The Balaban J connectivity index is 1.59. The van der Waals surface area contributed by atoms with Crippen LogP contribution >= 0.6 is 0 Å². The second-order valence-corrected chi connectivity index (χ2v) is 6.01. The van der Waals surface area contributed by atoms with Crippen molar-refractivity contribution in [2.45, 2.75) is 25.3 Å². The van der Waals surface area contributed by atoms with E-state index < -0.39 is 0 Å². The molecule has 0 radical (unpaired) electrons. The van der Waals surface area contributed by atoms with Gasteiger partial charge in [-0.3, -0.25) is 9.69 Å². The molecule has 4 nitrogen and oxygen atoms in total. The summed E-state index contributed by atoms with van der Waals surface area (Å²) in [6.07, 6.45) is 3.10. The summed E-state index contributed by atoms with van der Waals surface area (Å²) in [6, 6.07) is 10.9. The van der Waals surface area contributed by atoms with Crippen molar-refractivity contribution in [3.8, 4) is 0 Å². The van der Waals surface area contributed by atoms with Crippen LogP contribution in [0.15, 0.2) is 30.3 Å². The van der Waals surface area contributed by atoms with E-state index in [4.69, 9.17) is 4.74 Å². The van der Waals surface area contributed by atoms with E-state index in [0.717, 1.165) is 52.1 Å². The zero-order valence-electron chi connectivity index (χ0n) is 12.5. The number of ether oxygens (including phenoxy) is 1. The van der Waals surface area contributed by atoms with Gasteiger partial charge in [-0.2, -0.15) is 0 Å². The Morgan fingerprint density at radius 1 is 1.24 bits per heavy atom. The van der Waals surface area contributed by atoms with Gasteiger partial charge < -0.3 is 10.1 Å². The largest absolute Gasteiger partial charge is 0.379 e. The first-order valence-electron chi connectivity index (χ1n) is 7.96. The first-order chi connectivity index (χ1) is 10.3. The molecular weight excluding hydrogens is 264 g/mol. The molecule has 3 rings (SSSR count). The SMILES string of the molecule is O=C(NCC(Cc1ccccc1)N1CCOCC1)C1CC1. The molecule has 0 aromatic heterocycles. The molecule has 1 aliphatic heterocycles.